The van der Waals surface area contributed by atoms with Crippen molar-refractivity contribution in [3.63, 3.8) is 0 Å². The fourth-order valence-electron chi connectivity index (χ4n) is 4.18. The molecule has 20 heavy (non-hydrogen) atoms. The molecule has 1 N–H and O–H groups in total. The van der Waals surface area contributed by atoms with Crippen molar-refractivity contribution in [3.8, 4) is 0 Å². The summed E-state index contributed by atoms with van der Waals surface area (Å²) in [5, 5.41) is 3.98. The van der Waals surface area contributed by atoms with Gasteiger partial charge in [0.15, 0.2) is 0 Å². The maximum absolute atomic E-state index is 3.98. The first-order valence-electron chi connectivity index (χ1n) is 8.68. The zero-order chi connectivity index (χ0) is 13.8. The number of fused-ring (bicyclic) bond motifs is 1. The van der Waals surface area contributed by atoms with Gasteiger partial charge in [-0.1, -0.05) is 49.9 Å². The molecular formula is C19H29N. The first kappa shape index (κ1) is 14.1. The zero-order valence-electron chi connectivity index (χ0n) is 12.9. The SMILES string of the molecule is CC(NC1CCCCc2ccccc21)C1CCCCC1. The second kappa shape index (κ2) is 6.76. The Morgan fingerprint density at radius 3 is 2.55 bits per heavy atom. The van der Waals surface area contributed by atoms with E-state index < -0.39 is 0 Å². The van der Waals surface area contributed by atoms with Gasteiger partial charge in [-0.15, -0.1) is 0 Å². The molecule has 0 amide bonds. The van der Waals surface area contributed by atoms with Gasteiger partial charge in [-0.2, -0.15) is 0 Å². The average molecular weight is 271 g/mol. The third-order valence-corrected chi connectivity index (χ3v) is 5.44. The lowest BCUT2D eigenvalue weighted by Gasteiger charge is -2.32. The van der Waals surface area contributed by atoms with Crippen LogP contribution in [0.15, 0.2) is 24.3 Å². The topological polar surface area (TPSA) is 12.0 Å². The molecule has 1 heteroatoms. The van der Waals surface area contributed by atoms with Gasteiger partial charge in [-0.05, 0) is 56.1 Å². The minimum absolute atomic E-state index is 0.589. The van der Waals surface area contributed by atoms with Crippen molar-refractivity contribution in [2.24, 2.45) is 5.92 Å². The van der Waals surface area contributed by atoms with E-state index in [4.69, 9.17) is 0 Å². The Morgan fingerprint density at radius 2 is 1.70 bits per heavy atom. The van der Waals surface area contributed by atoms with E-state index in [1.165, 1.54) is 57.8 Å². The van der Waals surface area contributed by atoms with E-state index in [0.717, 1.165) is 5.92 Å². The summed E-state index contributed by atoms with van der Waals surface area (Å²) in [6.07, 6.45) is 12.5. The Labute approximate surface area is 124 Å². The summed E-state index contributed by atoms with van der Waals surface area (Å²) in [5.74, 6) is 0.902. The highest BCUT2D eigenvalue weighted by atomic mass is 15.0. The van der Waals surface area contributed by atoms with Crippen LogP contribution >= 0.6 is 0 Å². The van der Waals surface area contributed by atoms with Crippen LogP contribution in [-0.2, 0) is 6.42 Å². The smallest absolute Gasteiger partial charge is 0.0325 e. The van der Waals surface area contributed by atoms with E-state index in [1.807, 2.05) is 0 Å². The molecule has 0 heterocycles. The summed E-state index contributed by atoms with van der Waals surface area (Å²) in [4.78, 5) is 0. The quantitative estimate of drug-likeness (QED) is 0.762. The highest BCUT2D eigenvalue weighted by molar-refractivity contribution is 5.31. The van der Waals surface area contributed by atoms with E-state index in [-0.39, 0.29) is 0 Å². The van der Waals surface area contributed by atoms with Crippen LogP contribution in [0, 0.1) is 5.92 Å². The maximum Gasteiger partial charge on any atom is 0.0325 e. The van der Waals surface area contributed by atoms with Crippen LogP contribution in [0.2, 0.25) is 0 Å². The molecule has 1 saturated carbocycles. The minimum Gasteiger partial charge on any atom is -0.307 e. The second-order valence-corrected chi connectivity index (χ2v) is 6.85. The summed E-state index contributed by atoms with van der Waals surface area (Å²) >= 11 is 0. The second-order valence-electron chi connectivity index (χ2n) is 6.85. The minimum atomic E-state index is 0.589. The standard InChI is InChI=1S/C19H29N/c1-15(16-9-3-2-4-10-16)20-19-14-8-6-12-17-11-5-7-13-18(17)19/h5,7,11,13,15-16,19-20H,2-4,6,8-10,12,14H2,1H3. The average Bonchev–Trinajstić information content (AvgIpc) is 2.71. The molecule has 1 fully saturated rings. The summed E-state index contributed by atoms with van der Waals surface area (Å²) < 4.78 is 0. The Balaban J connectivity index is 1.69. The first-order valence-corrected chi connectivity index (χ1v) is 8.68. The van der Waals surface area contributed by atoms with E-state index in [2.05, 4.69) is 36.5 Å². The van der Waals surface area contributed by atoms with Gasteiger partial charge < -0.3 is 5.32 Å². The van der Waals surface area contributed by atoms with Gasteiger partial charge in [0.2, 0.25) is 0 Å². The molecule has 3 rings (SSSR count). The van der Waals surface area contributed by atoms with Crippen LogP contribution in [0.5, 0.6) is 0 Å². The van der Waals surface area contributed by atoms with Crippen molar-refractivity contribution in [3.05, 3.63) is 35.4 Å². The van der Waals surface area contributed by atoms with Gasteiger partial charge in [0.1, 0.15) is 0 Å². The number of benzene rings is 1. The summed E-state index contributed by atoms with van der Waals surface area (Å²) in [5.41, 5.74) is 3.16. The molecule has 0 spiro atoms. The fourth-order valence-corrected chi connectivity index (χ4v) is 4.18. The number of hydrogen-bond donors (Lipinski definition) is 1. The van der Waals surface area contributed by atoms with Crippen molar-refractivity contribution >= 4 is 0 Å². The van der Waals surface area contributed by atoms with Gasteiger partial charge in [0, 0.05) is 12.1 Å². The molecule has 2 unspecified atom stereocenters. The van der Waals surface area contributed by atoms with E-state index in [9.17, 15) is 0 Å². The third-order valence-electron chi connectivity index (χ3n) is 5.44. The zero-order valence-corrected chi connectivity index (χ0v) is 12.9. The van der Waals surface area contributed by atoms with Gasteiger partial charge in [0.05, 0.1) is 0 Å². The summed E-state index contributed by atoms with van der Waals surface area (Å²) in [6, 6.07) is 10.4. The monoisotopic (exact) mass is 271 g/mol. The fraction of sp³-hybridized carbons (Fsp3) is 0.684. The highest BCUT2D eigenvalue weighted by Crippen LogP contribution is 2.32. The normalized spacial score (nSPS) is 25.8. The molecule has 2 atom stereocenters. The molecule has 0 radical (unpaired) electrons. The van der Waals surface area contributed by atoms with Crippen LogP contribution < -0.4 is 5.32 Å². The molecular weight excluding hydrogens is 242 g/mol. The Morgan fingerprint density at radius 1 is 0.950 bits per heavy atom. The predicted molar refractivity (Wildman–Crippen MR) is 85.9 cm³/mol. The molecule has 2 aliphatic carbocycles. The number of aryl methyl sites for hydroxylation is 1. The Bertz CT molecular complexity index is 420. The molecule has 2 aliphatic rings. The molecule has 0 aromatic heterocycles. The first-order chi connectivity index (χ1) is 9.84. The van der Waals surface area contributed by atoms with E-state index in [1.54, 1.807) is 11.1 Å². The Kier molecular flexibility index (Phi) is 4.77. The lowest BCUT2D eigenvalue weighted by atomic mass is 9.84. The number of nitrogens with one attached hydrogen (secondary N) is 1. The highest BCUT2D eigenvalue weighted by Gasteiger charge is 2.24. The molecule has 0 aliphatic heterocycles. The molecule has 0 saturated heterocycles. The molecule has 1 aromatic rings. The van der Waals surface area contributed by atoms with Crippen molar-refractivity contribution in [2.75, 3.05) is 0 Å². The maximum atomic E-state index is 3.98. The number of hydrogen-bond acceptors (Lipinski definition) is 1. The van der Waals surface area contributed by atoms with Crippen molar-refractivity contribution in [2.45, 2.75) is 76.8 Å². The largest absolute Gasteiger partial charge is 0.307 e. The lowest BCUT2D eigenvalue weighted by Crippen LogP contribution is -2.37. The molecule has 110 valence electrons. The van der Waals surface area contributed by atoms with Crippen molar-refractivity contribution < 1.29 is 0 Å². The Hall–Kier alpha value is -0.820. The summed E-state index contributed by atoms with van der Waals surface area (Å²) in [7, 11) is 0. The third kappa shape index (κ3) is 3.25. The van der Waals surface area contributed by atoms with Crippen molar-refractivity contribution in [1.82, 2.24) is 5.32 Å². The van der Waals surface area contributed by atoms with Gasteiger partial charge in [0.25, 0.3) is 0 Å². The van der Waals surface area contributed by atoms with Crippen LogP contribution in [-0.4, -0.2) is 6.04 Å². The van der Waals surface area contributed by atoms with Gasteiger partial charge in [-0.3, -0.25) is 0 Å². The van der Waals surface area contributed by atoms with Crippen LogP contribution in [0.3, 0.4) is 0 Å². The lowest BCUT2D eigenvalue weighted by molar-refractivity contribution is 0.260. The van der Waals surface area contributed by atoms with Crippen LogP contribution in [0.1, 0.15) is 75.5 Å². The van der Waals surface area contributed by atoms with Crippen molar-refractivity contribution in [1.29, 1.82) is 0 Å². The van der Waals surface area contributed by atoms with E-state index >= 15 is 0 Å². The molecule has 1 nitrogen and oxygen atoms in total. The summed E-state index contributed by atoms with van der Waals surface area (Å²) in [6.45, 7) is 2.42. The molecule has 1 aromatic carbocycles. The predicted octanol–water partition coefficient (Wildman–Crippen LogP) is 5.01. The molecule has 0 bridgehead atoms. The van der Waals surface area contributed by atoms with Crippen LogP contribution in [0.25, 0.3) is 0 Å². The van der Waals surface area contributed by atoms with Crippen LogP contribution in [0.4, 0.5) is 0 Å². The van der Waals surface area contributed by atoms with Gasteiger partial charge in [-0.25, -0.2) is 0 Å². The number of rotatable bonds is 3. The van der Waals surface area contributed by atoms with E-state index in [0.29, 0.717) is 12.1 Å². The van der Waals surface area contributed by atoms with Gasteiger partial charge >= 0.3 is 0 Å².